The molecule has 5 nitrogen and oxygen atoms in total. The van der Waals surface area contributed by atoms with Crippen molar-refractivity contribution >= 4 is 17.8 Å². The molecule has 4 aliphatic rings. The molecule has 0 saturated carbocycles. The van der Waals surface area contributed by atoms with Gasteiger partial charge in [0.15, 0.2) is 0 Å². The van der Waals surface area contributed by atoms with E-state index in [1.165, 1.54) is 0 Å². The number of benzene rings is 2. The highest BCUT2D eigenvalue weighted by Crippen LogP contribution is 2.60. The van der Waals surface area contributed by atoms with Crippen LogP contribution in [0.2, 0.25) is 0 Å². The third-order valence-corrected chi connectivity index (χ3v) is 6.40. The molecule has 2 bridgehead atoms. The maximum Gasteiger partial charge on any atom is 0.326 e. The first-order valence-electron chi connectivity index (χ1n) is 10.2. The monoisotopic (exact) mass is 389 g/mol. The van der Waals surface area contributed by atoms with Crippen molar-refractivity contribution in [1.82, 2.24) is 4.90 Å². The average Bonchev–Trinajstić information content (AvgIpc) is 2.98. The van der Waals surface area contributed by atoms with Gasteiger partial charge in [0, 0.05) is 11.8 Å². The molecule has 2 amide bonds. The Morgan fingerprint density at radius 1 is 0.862 bits per heavy atom. The molecule has 0 radical (unpaired) electrons. The third kappa shape index (κ3) is 2.56. The number of esters is 1. The van der Waals surface area contributed by atoms with E-state index in [-0.39, 0.29) is 42.7 Å². The Kier molecular flexibility index (Phi) is 4.09. The van der Waals surface area contributed by atoms with E-state index in [9.17, 15) is 14.4 Å². The maximum absolute atomic E-state index is 13.3. The van der Waals surface area contributed by atoms with Gasteiger partial charge in [0.1, 0.15) is 6.54 Å². The van der Waals surface area contributed by atoms with Gasteiger partial charge in [0.05, 0.1) is 18.4 Å². The lowest BCUT2D eigenvalue weighted by Gasteiger charge is -2.45. The van der Waals surface area contributed by atoms with Crippen molar-refractivity contribution in [2.45, 2.75) is 25.7 Å². The molecule has 1 fully saturated rings. The van der Waals surface area contributed by atoms with E-state index in [1.54, 1.807) is 0 Å². The summed E-state index contributed by atoms with van der Waals surface area (Å²) in [6, 6.07) is 16.2. The first kappa shape index (κ1) is 18.1. The normalized spacial score (nSPS) is 26.4. The molecule has 0 N–H and O–H groups in total. The lowest BCUT2D eigenvalue weighted by atomic mass is 9.55. The summed E-state index contributed by atoms with van der Waals surface area (Å²) in [6.45, 7) is 3.87. The van der Waals surface area contributed by atoms with Crippen molar-refractivity contribution in [3.05, 3.63) is 70.8 Å². The molecule has 1 heterocycles. The molecule has 1 saturated heterocycles. The fourth-order valence-electron chi connectivity index (χ4n) is 5.33. The zero-order valence-electron chi connectivity index (χ0n) is 16.5. The Bertz CT molecular complexity index is 912. The zero-order chi connectivity index (χ0) is 20.3. The lowest BCUT2D eigenvalue weighted by Crippen LogP contribution is -2.41. The summed E-state index contributed by atoms with van der Waals surface area (Å²) < 4.78 is 5.22. The van der Waals surface area contributed by atoms with Crippen LogP contribution in [0, 0.1) is 17.8 Å². The number of hydrogen-bond acceptors (Lipinski definition) is 4. The third-order valence-electron chi connectivity index (χ3n) is 6.40. The molecule has 6 rings (SSSR count). The first-order valence-corrected chi connectivity index (χ1v) is 10.2. The maximum atomic E-state index is 13.3. The summed E-state index contributed by atoms with van der Waals surface area (Å²) in [6.07, 6.45) is 0. The van der Waals surface area contributed by atoms with Crippen molar-refractivity contribution in [3.8, 4) is 0 Å². The van der Waals surface area contributed by atoms with Gasteiger partial charge in [0.25, 0.3) is 0 Å². The molecule has 2 aromatic rings. The Morgan fingerprint density at radius 3 is 1.66 bits per heavy atom. The number of rotatable bonds is 4. The van der Waals surface area contributed by atoms with Crippen LogP contribution in [-0.2, 0) is 19.1 Å². The Labute approximate surface area is 169 Å². The number of imide groups is 1. The lowest BCUT2D eigenvalue weighted by molar-refractivity contribution is -0.153. The molecule has 3 aliphatic carbocycles. The van der Waals surface area contributed by atoms with Gasteiger partial charge >= 0.3 is 5.97 Å². The average molecular weight is 389 g/mol. The summed E-state index contributed by atoms with van der Waals surface area (Å²) in [5, 5.41) is 0. The fraction of sp³-hybridized carbons (Fsp3) is 0.375. The largest absolute Gasteiger partial charge is 0.464 e. The van der Waals surface area contributed by atoms with Crippen molar-refractivity contribution in [3.63, 3.8) is 0 Å². The van der Waals surface area contributed by atoms with Crippen LogP contribution >= 0.6 is 0 Å². The van der Waals surface area contributed by atoms with Gasteiger partial charge in [-0.1, -0.05) is 62.4 Å². The second-order valence-electron chi connectivity index (χ2n) is 8.60. The van der Waals surface area contributed by atoms with Crippen LogP contribution in [0.1, 0.15) is 47.9 Å². The van der Waals surface area contributed by atoms with E-state index in [0.717, 1.165) is 27.2 Å². The number of ether oxygens (including phenoxy) is 1. The molecule has 2 unspecified atom stereocenters. The number of carbonyl (C=O) groups is 3. The van der Waals surface area contributed by atoms with E-state index in [4.69, 9.17) is 4.74 Å². The molecule has 5 heteroatoms. The predicted molar refractivity (Wildman–Crippen MR) is 106 cm³/mol. The highest BCUT2D eigenvalue weighted by atomic mass is 16.5. The minimum Gasteiger partial charge on any atom is -0.464 e. The van der Waals surface area contributed by atoms with Crippen molar-refractivity contribution in [2.24, 2.45) is 17.8 Å². The summed E-state index contributed by atoms with van der Waals surface area (Å²) in [4.78, 5) is 40.0. The van der Waals surface area contributed by atoms with Crippen LogP contribution in [0.25, 0.3) is 0 Å². The summed E-state index contributed by atoms with van der Waals surface area (Å²) in [5.41, 5.74) is 4.51. The number of nitrogens with zero attached hydrogens (tertiary/aromatic N) is 1. The van der Waals surface area contributed by atoms with E-state index in [1.807, 2.05) is 38.1 Å². The zero-order valence-corrected chi connectivity index (χ0v) is 16.5. The first-order chi connectivity index (χ1) is 14.0. The molecule has 1 aliphatic heterocycles. The molecular weight excluding hydrogens is 366 g/mol. The van der Waals surface area contributed by atoms with Crippen molar-refractivity contribution in [1.29, 1.82) is 0 Å². The number of amides is 2. The van der Waals surface area contributed by atoms with Crippen LogP contribution in [0.5, 0.6) is 0 Å². The topological polar surface area (TPSA) is 63.7 Å². The minimum atomic E-state index is -0.526. The highest BCUT2D eigenvalue weighted by molar-refractivity contribution is 6.09. The quantitative estimate of drug-likeness (QED) is 0.596. The Morgan fingerprint density at radius 2 is 1.28 bits per heavy atom. The molecule has 29 heavy (non-hydrogen) atoms. The highest BCUT2D eigenvalue weighted by Gasteiger charge is 2.61. The van der Waals surface area contributed by atoms with Crippen LogP contribution in [0.3, 0.4) is 0 Å². The van der Waals surface area contributed by atoms with E-state index in [2.05, 4.69) is 24.3 Å². The second-order valence-corrected chi connectivity index (χ2v) is 8.60. The smallest absolute Gasteiger partial charge is 0.326 e. The number of carbonyl (C=O) groups excluding carboxylic acids is 3. The van der Waals surface area contributed by atoms with Crippen LogP contribution in [-0.4, -0.2) is 35.8 Å². The SMILES string of the molecule is CC(C)COC(=O)CN1C(=O)C2C3c4ccccc4C(c4ccccc43)C2C1=O. The second kappa shape index (κ2) is 6.55. The van der Waals surface area contributed by atoms with Gasteiger partial charge < -0.3 is 4.74 Å². The predicted octanol–water partition coefficient (Wildman–Crippen LogP) is 3.08. The molecule has 2 aromatic carbocycles. The van der Waals surface area contributed by atoms with E-state index >= 15 is 0 Å². The summed E-state index contributed by atoms with van der Waals surface area (Å²) in [7, 11) is 0. The number of likely N-dealkylation sites (tertiary alicyclic amines) is 1. The summed E-state index contributed by atoms with van der Waals surface area (Å²) in [5.74, 6) is -2.02. The minimum absolute atomic E-state index is 0.148. The van der Waals surface area contributed by atoms with Crippen LogP contribution < -0.4 is 0 Å². The van der Waals surface area contributed by atoms with Crippen LogP contribution in [0.15, 0.2) is 48.5 Å². The van der Waals surface area contributed by atoms with E-state index in [0.29, 0.717) is 0 Å². The van der Waals surface area contributed by atoms with Gasteiger partial charge in [-0.05, 0) is 28.2 Å². The molecule has 0 aromatic heterocycles. The van der Waals surface area contributed by atoms with Gasteiger partial charge in [-0.25, -0.2) is 0 Å². The van der Waals surface area contributed by atoms with Gasteiger partial charge in [0.2, 0.25) is 11.8 Å². The van der Waals surface area contributed by atoms with Crippen molar-refractivity contribution in [2.75, 3.05) is 13.2 Å². The fourth-order valence-corrected chi connectivity index (χ4v) is 5.33. The molecule has 0 spiro atoms. The standard InChI is InChI=1S/C24H23NO4/c1-13(2)12-29-18(26)11-25-23(27)21-19-14-7-3-4-8-15(14)20(22(21)24(25)28)17-10-6-5-9-16(17)19/h3-10,13,19-22H,11-12H2,1-2H3. The molecule has 2 atom stereocenters. The summed E-state index contributed by atoms with van der Waals surface area (Å²) >= 11 is 0. The van der Waals surface area contributed by atoms with Gasteiger partial charge in [-0.3, -0.25) is 19.3 Å². The molecular formula is C24H23NO4. The number of hydrogen-bond donors (Lipinski definition) is 0. The Hall–Kier alpha value is -2.95. The van der Waals surface area contributed by atoms with Crippen molar-refractivity contribution < 1.29 is 19.1 Å². The van der Waals surface area contributed by atoms with Gasteiger partial charge in [-0.15, -0.1) is 0 Å². The van der Waals surface area contributed by atoms with Gasteiger partial charge in [-0.2, -0.15) is 0 Å². The van der Waals surface area contributed by atoms with Crippen LogP contribution in [0.4, 0.5) is 0 Å². The Balaban J connectivity index is 1.54. The van der Waals surface area contributed by atoms with E-state index < -0.39 is 17.8 Å². The molecule has 148 valence electrons.